The summed E-state index contributed by atoms with van der Waals surface area (Å²) < 4.78 is 34.9. The van der Waals surface area contributed by atoms with E-state index in [1.807, 2.05) is 27.7 Å². The molecule has 124 valence electrons. The molecule has 21 heavy (non-hydrogen) atoms. The predicted molar refractivity (Wildman–Crippen MR) is 84.8 cm³/mol. The third-order valence-corrected chi connectivity index (χ3v) is 6.48. The van der Waals surface area contributed by atoms with E-state index in [1.165, 1.54) is 0 Å². The van der Waals surface area contributed by atoms with Crippen LogP contribution in [0.25, 0.3) is 0 Å². The van der Waals surface area contributed by atoms with Crippen molar-refractivity contribution in [1.29, 1.82) is 0 Å². The third-order valence-electron chi connectivity index (χ3n) is 4.11. The van der Waals surface area contributed by atoms with Crippen LogP contribution in [0.3, 0.4) is 0 Å². The van der Waals surface area contributed by atoms with Gasteiger partial charge in [-0.1, -0.05) is 0 Å². The van der Waals surface area contributed by atoms with E-state index in [0.29, 0.717) is 38.0 Å². The molecule has 2 fully saturated rings. The highest BCUT2D eigenvalue weighted by molar-refractivity contribution is 7.86. The molecular weight excluding hydrogens is 312 g/mol. The quantitative estimate of drug-likeness (QED) is 0.740. The van der Waals surface area contributed by atoms with Crippen molar-refractivity contribution in [2.24, 2.45) is 5.92 Å². The number of nitrogens with zero attached hydrogens (tertiary/aromatic N) is 2. The summed E-state index contributed by atoms with van der Waals surface area (Å²) in [5.74, 6) is 1.06. The van der Waals surface area contributed by atoms with Crippen LogP contribution in [-0.4, -0.2) is 60.3 Å². The normalized spacial score (nSPS) is 28.6. The first-order chi connectivity index (χ1) is 9.56. The summed E-state index contributed by atoms with van der Waals surface area (Å²) in [4.78, 5) is 0. The van der Waals surface area contributed by atoms with Gasteiger partial charge in [-0.3, -0.25) is 0 Å². The molecule has 5 nitrogen and oxygen atoms in total. The highest BCUT2D eigenvalue weighted by Crippen LogP contribution is 2.31. The Morgan fingerprint density at radius 1 is 1.05 bits per heavy atom. The molecule has 0 atom stereocenters. The summed E-state index contributed by atoms with van der Waals surface area (Å²) in [6.07, 6.45) is 1.69. The Hall–Kier alpha value is 0.120. The number of morpholine rings is 1. The molecular formula is C14H27ClN2O3S. The van der Waals surface area contributed by atoms with Gasteiger partial charge in [-0.2, -0.15) is 17.0 Å². The lowest BCUT2D eigenvalue weighted by Crippen LogP contribution is -2.61. The van der Waals surface area contributed by atoms with Gasteiger partial charge in [-0.25, -0.2) is 0 Å². The lowest BCUT2D eigenvalue weighted by atomic mass is 10.0. The Kier molecular flexibility index (Phi) is 4.96. The molecule has 2 aliphatic heterocycles. The van der Waals surface area contributed by atoms with Gasteiger partial charge in [0.05, 0.1) is 11.2 Å². The second kappa shape index (κ2) is 5.96. The minimum atomic E-state index is -3.42. The summed E-state index contributed by atoms with van der Waals surface area (Å²) in [5, 5.41) is 0. The Bertz CT molecular complexity index is 455. The first kappa shape index (κ1) is 17.5. The maximum Gasteiger partial charge on any atom is 0.282 e. The molecule has 2 heterocycles. The molecule has 7 heteroatoms. The van der Waals surface area contributed by atoms with Gasteiger partial charge in [-0.15, -0.1) is 11.6 Å². The van der Waals surface area contributed by atoms with Crippen molar-refractivity contribution in [3.63, 3.8) is 0 Å². The minimum absolute atomic E-state index is 0.397. The van der Waals surface area contributed by atoms with Gasteiger partial charge in [0, 0.05) is 32.1 Å². The van der Waals surface area contributed by atoms with Crippen molar-refractivity contribution in [2.75, 3.05) is 32.1 Å². The van der Waals surface area contributed by atoms with Crippen LogP contribution in [0.2, 0.25) is 0 Å². The molecule has 0 saturated carbocycles. The molecule has 0 radical (unpaired) electrons. The second-order valence-electron chi connectivity index (χ2n) is 7.39. The zero-order valence-electron chi connectivity index (χ0n) is 13.4. The molecule has 0 aromatic rings. The van der Waals surface area contributed by atoms with Crippen molar-refractivity contribution in [2.45, 2.75) is 51.7 Å². The van der Waals surface area contributed by atoms with Crippen LogP contribution in [0.1, 0.15) is 40.5 Å². The standard InChI is InChI=1S/C14H27ClN2O3S/c1-13(2)10-17(11-14(3,4)20-13)21(18,19)16-7-5-12(9-15)6-8-16/h12H,5-11H2,1-4H3. The van der Waals surface area contributed by atoms with E-state index < -0.39 is 21.4 Å². The number of ether oxygens (including phenoxy) is 1. The molecule has 0 amide bonds. The fourth-order valence-electron chi connectivity index (χ4n) is 3.34. The fraction of sp³-hybridized carbons (Fsp3) is 1.00. The highest BCUT2D eigenvalue weighted by atomic mass is 35.5. The van der Waals surface area contributed by atoms with Gasteiger partial charge in [-0.05, 0) is 46.5 Å². The van der Waals surface area contributed by atoms with E-state index in [-0.39, 0.29) is 0 Å². The Morgan fingerprint density at radius 2 is 1.52 bits per heavy atom. The van der Waals surface area contributed by atoms with E-state index in [2.05, 4.69) is 0 Å². The Morgan fingerprint density at radius 3 is 1.95 bits per heavy atom. The smallest absolute Gasteiger partial charge is 0.282 e. The van der Waals surface area contributed by atoms with Crippen LogP contribution in [0.5, 0.6) is 0 Å². The molecule has 0 spiro atoms. The lowest BCUT2D eigenvalue weighted by Gasteiger charge is -2.47. The zero-order chi connectivity index (χ0) is 15.9. The fourth-order valence-corrected chi connectivity index (χ4v) is 5.59. The Labute approximate surface area is 133 Å². The highest BCUT2D eigenvalue weighted by Gasteiger charge is 2.44. The predicted octanol–water partition coefficient (Wildman–Crippen LogP) is 2.07. The Balaban J connectivity index is 2.12. The summed E-state index contributed by atoms with van der Waals surface area (Å²) in [6.45, 7) is 9.69. The van der Waals surface area contributed by atoms with Crippen LogP contribution < -0.4 is 0 Å². The summed E-state index contributed by atoms with van der Waals surface area (Å²) in [6, 6.07) is 0. The van der Waals surface area contributed by atoms with Crippen LogP contribution >= 0.6 is 11.6 Å². The molecule has 0 N–H and O–H groups in total. The molecule has 0 bridgehead atoms. The maximum atomic E-state index is 12.9. The van der Waals surface area contributed by atoms with E-state index in [4.69, 9.17) is 16.3 Å². The lowest BCUT2D eigenvalue weighted by molar-refractivity contribution is -0.164. The number of halogens is 1. The van der Waals surface area contributed by atoms with Crippen molar-refractivity contribution < 1.29 is 13.2 Å². The molecule has 0 aromatic carbocycles. The van der Waals surface area contributed by atoms with Crippen LogP contribution in [0.15, 0.2) is 0 Å². The van der Waals surface area contributed by atoms with E-state index in [0.717, 1.165) is 12.8 Å². The van der Waals surface area contributed by atoms with E-state index in [1.54, 1.807) is 8.61 Å². The number of piperidine rings is 1. The number of hydrogen-bond donors (Lipinski definition) is 0. The SMILES string of the molecule is CC1(C)CN(S(=O)(=O)N2CCC(CCl)CC2)CC(C)(C)O1. The average Bonchev–Trinajstić information content (AvgIpc) is 2.35. The summed E-state index contributed by atoms with van der Waals surface area (Å²) >= 11 is 5.87. The minimum Gasteiger partial charge on any atom is -0.367 e. The van der Waals surface area contributed by atoms with Crippen molar-refractivity contribution >= 4 is 21.8 Å². The first-order valence-electron chi connectivity index (χ1n) is 7.57. The molecule has 2 saturated heterocycles. The molecule has 0 aliphatic carbocycles. The van der Waals surface area contributed by atoms with Crippen LogP contribution in [0.4, 0.5) is 0 Å². The van der Waals surface area contributed by atoms with Gasteiger partial charge in [0.25, 0.3) is 10.2 Å². The van der Waals surface area contributed by atoms with Gasteiger partial charge in [0.15, 0.2) is 0 Å². The van der Waals surface area contributed by atoms with E-state index in [9.17, 15) is 8.42 Å². The van der Waals surface area contributed by atoms with Gasteiger partial charge in [0.1, 0.15) is 0 Å². The molecule has 2 aliphatic rings. The van der Waals surface area contributed by atoms with Crippen molar-refractivity contribution in [3.8, 4) is 0 Å². The number of alkyl halides is 1. The second-order valence-corrected chi connectivity index (χ2v) is 9.63. The third kappa shape index (κ3) is 4.10. The number of rotatable bonds is 3. The van der Waals surface area contributed by atoms with Crippen LogP contribution in [-0.2, 0) is 14.9 Å². The van der Waals surface area contributed by atoms with Crippen molar-refractivity contribution in [1.82, 2.24) is 8.61 Å². The largest absolute Gasteiger partial charge is 0.367 e. The first-order valence-corrected chi connectivity index (χ1v) is 9.50. The molecule has 0 aromatic heterocycles. The van der Waals surface area contributed by atoms with Gasteiger partial charge < -0.3 is 4.74 Å². The molecule has 0 unspecified atom stereocenters. The number of hydrogen-bond acceptors (Lipinski definition) is 3. The topological polar surface area (TPSA) is 49.9 Å². The summed E-state index contributed by atoms with van der Waals surface area (Å²) in [5.41, 5.74) is -0.938. The summed E-state index contributed by atoms with van der Waals surface area (Å²) in [7, 11) is -3.42. The van der Waals surface area contributed by atoms with E-state index >= 15 is 0 Å². The van der Waals surface area contributed by atoms with Gasteiger partial charge >= 0.3 is 0 Å². The van der Waals surface area contributed by atoms with Gasteiger partial charge in [0.2, 0.25) is 0 Å². The molecule has 2 rings (SSSR count). The monoisotopic (exact) mass is 338 g/mol. The average molecular weight is 339 g/mol. The maximum absolute atomic E-state index is 12.9. The zero-order valence-corrected chi connectivity index (χ0v) is 15.0. The van der Waals surface area contributed by atoms with Crippen LogP contribution in [0, 0.1) is 5.92 Å². The van der Waals surface area contributed by atoms with Crippen molar-refractivity contribution in [3.05, 3.63) is 0 Å².